The van der Waals surface area contributed by atoms with E-state index >= 15 is 0 Å². The molecule has 20 heavy (non-hydrogen) atoms. The Morgan fingerprint density at radius 1 is 1.35 bits per heavy atom. The van der Waals surface area contributed by atoms with Crippen LogP contribution < -0.4 is 5.32 Å². The molecule has 0 aliphatic carbocycles. The molecule has 1 N–H and O–H groups in total. The molecule has 0 atom stereocenters. The largest absolute Gasteiger partial charge is 0.348 e. The second-order valence-electron chi connectivity index (χ2n) is 4.20. The summed E-state index contributed by atoms with van der Waals surface area (Å²) in [6, 6.07) is 11.8. The second-order valence-corrected chi connectivity index (χ2v) is 5.59. The number of allylic oxidation sites excluding steroid dienone is 1. The Bertz CT molecular complexity index is 717. The monoisotopic (exact) mass is 300 g/mol. The Hall–Kier alpha value is -2.03. The number of fused-ring (bicyclic) bond motifs is 1. The standard InChI is InChI=1S/C14H9ClN4S/c1-8-6-11(19-14(15)17-8)9(7-16)13-18-10-4-2-3-5-12(10)20-13/h2-6,18H,1H3/b13-9+. The van der Waals surface area contributed by atoms with Crippen molar-refractivity contribution < 1.29 is 0 Å². The summed E-state index contributed by atoms with van der Waals surface area (Å²) < 4.78 is 0. The quantitative estimate of drug-likeness (QED) is 0.640. The van der Waals surface area contributed by atoms with Crippen molar-refractivity contribution in [3.05, 3.63) is 52.0 Å². The maximum Gasteiger partial charge on any atom is 0.223 e. The molecule has 1 aliphatic rings. The van der Waals surface area contributed by atoms with Crippen molar-refractivity contribution >= 4 is 34.6 Å². The van der Waals surface area contributed by atoms with Crippen molar-refractivity contribution in [3.63, 3.8) is 0 Å². The molecule has 6 heteroatoms. The summed E-state index contributed by atoms with van der Waals surface area (Å²) in [4.78, 5) is 9.24. The predicted octanol–water partition coefficient (Wildman–Crippen LogP) is 3.85. The first-order valence-corrected chi connectivity index (χ1v) is 7.06. The number of rotatable bonds is 1. The van der Waals surface area contributed by atoms with E-state index in [1.54, 1.807) is 6.07 Å². The Balaban J connectivity index is 2.08. The van der Waals surface area contributed by atoms with Gasteiger partial charge >= 0.3 is 0 Å². The lowest BCUT2D eigenvalue weighted by Gasteiger charge is -2.04. The number of anilines is 1. The fourth-order valence-corrected chi connectivity index (χ4v) is 3.15. The Labute approximate surface area is 125 Å². The predicted molar refractivity (Wildman–Crippen MR) is 80.2 cm³/mol. The highest BCUT2D eigenvalue weighted by atomic mass is 35.5. The third kappa shape index (κ3) is 2.36. The number of aromatic nitrogens is 2. The van der Waals surface area contributed by atoms with E-state index < -0.39 is 0 Å². The zero-order valence-electron chi connectivity index (χ0n) is 10.5. The summed E-state index contributed by atoms with van der Waals surface area (Å²) in [5.41, 5.74) is 2.73. The molecule has 1 aromatic heterocycles. The fraction of sp³-hybridized carbons (Fsp3) is 0.0714. The van der Waals surface area contributed by atoms with Gasteiger partial charge in [-0.1, -0.05) is 23.9 Å². The molecular weight excluding hydrogens is 292 g/mol. The van der Waals surface area contributed by atoms with Gasteiger partial charge in [-0.25, -0.2) is 9.97 Å². The number of benzene rings is 1. The molecule has 0 radical (unpaired) electrons. The molecule has 0 fully saturated rings. The van der Waals surface area contributed by atoms with Gasteiger partial charge in [0.05, 0.1) is 16.4 Å². The smallest absolute Gasteiger partial charge is 0.223 e. The molecule has 0 unspecified atom stereocenters. The van der Waals surface area contributed by atoms with Crippen LogP contribution >= 0.6 is 23.4 Å². The van der Waals surface area contributed by atoms with E-state index in [4.69, 9.17) is 11.6 Å². The van der Waals surface area contributed by atoms with Crippen LogP contribution in [0.3, 0.4) is 0 Å². The first-order valence-electron chi connectivity index (χ1n) is 5.87. The van der Waals surface area contributed by atoms with E-state index in [0.29, 0.717) is 11.3 Å². The molecule has 0 spiro atoms. The number of halogens is 1. The Kier molecular flexibility index (Phi) is 3.35. The number of aryl methyl sites for hydroxylation is 1. The summed E-state index contributed by atoms with van der Waals surface area (Å²) in [7, 11) is 0. The van der Waals surface area contributed by atoms with Gasteiger partial charge in [0.1, 0.15) is 11.6 Å². The van der Waals surface area contributed by atoms with Crippen LogP contribution in [-0.2, 0) is 0 Å². The molecule has 1 aliphatic heterocycles. The molecular formula is C14H9ClN4S. The first-order chi connectivity index (χ1) is 9.67. The zero-order chi connectivity index (χ0) is 14.1. The van der Waals surface area contributed by atoms with E-state index in [2.05, 4.69) is 21.4 Å². The highest BCUT2D eigenvalue weighted by molar-refractivity contribution is 8.04. The van der Waals surface area contributed by atoms with Crippen LogP contribution in [0.15, 0.2) is 40.3 Å². The molecule has 2 aromatic rings. The van der Waals surface area contributed by atoms with E-state index in [0.717, 1.165) is 21.3 Å². The van der Waals surface area contributed by atoms with Crippen molar-refractivity contribution in [3.8, 4) is 6.07 Å². The number of nitrogens with zero attached hydrogens (tertiary/aromatic N) is 3. The normalized spacial score (nSPS) is 15.2. The van der Waals surface area contributed by atoms with Crippen molar-refractivity contribution in [2.75, 3.05) is 5.32 Å². The van der Waals surface area contributed by atoms with Crippen molar-refractivity contribution in [2.45, 2.75) is 11.8 Å². The second kappa shape index (κ2) is 5.16. The fourth-order valence-electron chi connectivity index (χ4n) is 1.91. The lowest BCUT2D eigenvalue weighted by molar-refractivity contribution is 1.08. The number of hydrogen-bond donors (Lipinski definition) is 1. The molecule has 4 nitrogen and oxygen atoms in total. The first kappa shape index (κ1) is 13.0. The Morgan fingerprint density at radius 3 is 2.85 bits per heavy atom. The summed E-state index contributed by atoms with van der Waals surface area (Å²) >= 11 is 7.38. The van der Waals surface area contributed by atoms with Gasteiger partial charge in [0.15, 0.2) is 0 Å². The average molecular weight is 301 g/mol. The van der Waals surface area contributed by atoms with Crippen LogP contribution in [-0.4, -0.2) is 9.97 Å². The highest BCUT2D eigenvalue weighted by Gasteiger charge is 2.21. The van der Waals surface area contributed by atoms with Crippen LogP contribution in [0.5, 0.6) is 0 Å². The maximum absolute atomic E-state index is 9.44. The van der Waals surface area contributed by atoms with Gasteiger partial charge in [0.25, 0.3) is 0 Å². The molecule has 0 saturated heterocycles. The van der Waals surface area contributed by atoms with Gasteiger partial charge < -0.3 is 5.32 Å². The van der Waals surface area contributed by atoms with Gasteiger partial charge in [0, 0.05) is 10.6 Å². The molecule has 98 valence electrons. The summed E-state index contributed by atoms with van der Waals surface area (Å²) in [5.74, 6) is 0. The third-order valence-electron chi connectivity index (χ3n) is 2.77. The number of thioether (sulfide) groups is 1. The lowest BCUT2D eigenvalue weighted by Crippen LogP contribution is -1.98. The number of nitrogens with one attached hydrogen (secondary N) is 1. The number of hydrogen-bond acceptors (Lipinski definition) is 5. The van der Waals surface area contributed by atoms with Crippen LogP contribution in [0, 0.1) is 18.3 Å². The molecule has 0 saturated carbocycles. The van der Waals surface area contributed by atoms with Crippen LogP contribution in [0.2, 0.25) is 5.28 Å². The zero-order valence-corrected chi connectivity index (χ0v) is 12.1. The van der Waals surface area contributed by atoms with Gasteiger partial charge in [-0.15, -0.1) is 0 Å². The SMILES string of the molecule is Cc1cc(/C(C#N)=C2\Nc3ccccc3S2)nc(Cl)n1. The Morgan fingerprint density at radius 2 is 2.15 bits per heavy atom. The summed E-state index contributed by atoms with van der Waals surface area (Å²) in [6.07, 6.45) is 0. The van der Waals surface area contributed by atoms with E-state index in [1.807, 2.05) is 31.2 Å². The topological polar surface area (TPSA) is 61.6 Å². The third-order valence-corrected chi connectivity index (χ3v) is 4.02. The van der Waals surface area contributed by atoms with Gasteiger partial charge in [-0.3, -0.25) is 0 Å². The minimum absolute atomic E-state index is 0.147. The number of nitriles is 1. The van der Waals surface area contributed by atoms with Gasteiger partial charge in [-0.05, 0) is 36.7 Å². The summed E-state index contributed by atoms with van der Waals surface area (Å²) in [6.45, 7) is 1.82. The highest BCUT2D eigenvalue weighted by Crippen LogP contribution is 2.43. The van der Waals surface area contributed by atoms with Crippen molar-refractivity contribution in [1.29, 1.82) is 5.26 Å². The lowest BCUT2D eigenvalue weighted by atomic mass is 10.2. The molecule has 0 bridgehead atoms. The molecule has 1 aromatic carbocycles. The van der Waals surface area contributed by atoms with Gasteiger partial charge in [0.2, 0.25) is 5.28 Å². The van der Waals surface area contributed by atoms with Crippen LogP contribution in [0.25, 0.3) is 5.57 Å². The summed E-state index contributed by atoms with van der Waals surface area (Å²) in [5, 5.41) is 13.6. The van der Waals surface area contributed by atoms with Crippen molar-refractivity contribution in [2.24, 2.45) is 0 Å². The molecule has 2 heterocycles. The van der Waals surface area contributed by atoms with E-state index in [1.165, 1.54) is 11.8 Å². The van der Waals surface area contributed by atoms with E-state index in [-0.39, 0.29) is 5.28 Å². The maximum atomic E-state index is 9.44. The van der Waals surface area contributed by atoms with E-state index in [9.17, 15) is 5.26 Å². The van der Waals surface area contributed by atoms with Crippen LogP contribution in [0.1, 0.15) is 11.4 Å². The van der Waals surface area contributed by atoms with Crippen LogP contribution in [0.4, 0.5) is 5.69 Å². The molecule has 3 rings (SSSR count). The van der Waals surface area contributed by atoms with Gasteiger partial charge in [-0.2, -0.15) is 5.26 Å². The number of para-hydroxylation sites is 1. The minimum Gasteiger partial charge on any atom is -0.348 e. The molecule has 0 amide bonds. The van der Waals surface area contributed by atoms with Crippen molar-refractivity contribution in [1.82, 2.24) is 9.97 Å². The average Bonchev–Trinajstić information content (AvgIpc) is 2.81. The minimum atomic E-state index is 0.147.